The summed E-state index contributed by atoms with van der Waals surface area (Å²) < 4.78 is 5.04. The Kier molecular flexibility index (Phi) is 5.15. The summed E-state index contributed by atoms with van der Waals surface area (Å²) >= 11 is 0. The molecule has 0 radical (unpaired) electrons. The van der Waals surface area contributed by atoms with Crippen molar-refractivity contribution in [1.82, 2.24) is 0 Å². The zero-order valence-electron chi connectivity index (χ0n) is 12.1. The number of aliphatic hydroxyl groups is 1. The summed E-state index contributed by atoms with van der Waals surface area (Å²) in [6.07, 6.45) is -2.47. The lowest BCUT2D eigenvalue weighted by molar-refractivity contribution is -0.139. The van der Waals surface area contributed by atoms with Gasteiger partial charge in [0.25, 0.3) is 0 Å². The minimum Gasteiger partial charge on any atom is -0.506 e. The van der Waals surface area contributed by atoms with E-state index in [1.54, 1.807) is 20.8 Å². The number of anilines is 1. The van der Waals surface area contributed by atoms with Gasteiger partial charge in [0.1, 0.15) is 11.4 Å². The summed E-state index contributed by atoms with van der Waals surface area (Å²) in [4.78, 5) is 22.2. The summed E-state index contributed by atoms with van der Waals surface area (Å²) in [5.41, 5.74) is -0.396. The van der Waals surface area contributed by atoms with Crippen molar-refractivity contribution < 1.29 is 29.6 Å². The molecule has 116 valence electrons. The molecule has 0 aliphatic rings. The summed E-state index contributed by atoms with van der Waals surface area (Å²) in [5.74, 6) is -1.37. The van der Waals surface area contributed by atoms with Crippen LogP contribution in [0.5, 0.6) is 5.75 Å². The molecule has 0 saturated heterocycles. The molecule has 0 heterocycles. The second-order valence-corrected chi connectivity index (χ2v) is 5.52. The van der Waals surface area contributed by atoms with Crippen LogP contribution in [0.3, 0.4) is 0 Å². The Hall–Kier alpha value is -2.28. The van der Waals surface area contributed by atoms with Gasteiger partial charge in [-0.15, -0.1) is 0 Å². The highest BCUT2D eigenvalue weighted by molar-refractivity contribution is 5.87. The first kappa shape index (κ1) is 16.8. The first-order chi connectivity index (χ1) is 9.58. The normalized spacial score (nSPS) is 12.6. The molecule has 1 aromatic carbocycles. The van der Waals surface area contributed by atoms with Gasteiger partial charge in [-0.05, 0) is 38.5 Å². The smallest absolute Gasteiger partial charge is 0.412 e. The monoisotopic (exact) mass is 297 g/mol. The van der Waals surface area contributed by atoms with Gasteiger partial charge in [0, 0.05) is 0 Å². The van der Waals surface area contributed by atoms with Crippen LogP contribution < -0.4 is 5.32 Å². The van der Waals surface area contributed by atoms with Gasteiger partial charge in [0.05, 0.1) is 18.2 Å². The molecule has 0 bridgehead atoms. The van der Waals surface area contributed by atoms with Crippen molar-refractivity contribution in [2.45, 2.75) is 38.9 Å². The van der Waals surface area contributed by atoms with E-state index in [2.05, 4.69) is 5.32 Å². The van der Waals surface area contributed by atoms with E-state index in [9.17, 15) is 19.8 Å². The maximum Gasteiger partial charge on any atom is 0.412 e. The molecule has 0 fully saturated rings. The number of rotatable bonds is 4. The number of carboxylic acid groups (broad SMARTS) is 1. The zero-order valence-corrected chi connectivity index (χ0v) is 12.1. The van der Waals surface area contributed by atoms with E-state index < -0.39 is 30.2 Å². The van der Waals surface area contributed by atoms with Gasteiger partial charge in [0.2, 0.25) is 0 Å². The number of hydrogen-bond donors (Lipinski definition) is 4. The Labute approximate surface area is 122 Å². The van der Waals surface area contributed by atoms with Gasteiger partial charge in [-0.2, -0.15) is 0 Å². The van der Waals surface area contributed by atoms with Gasteiger partial charge in [-0.3, -0.25) is 10.1 Å². The fraction of sp³-hybridized carbons (Fsp3) is 0.429. The van der Waals surface area contributed by atoms with Gasteiger partial charge in [0.15, 0.2) is 0 Å². The summed E-state index contributed by atoms with van der Waals surface area (Å²) in [5, 5.41) is 30.4. The number of benzene rings is 1. The minimum atomic E-state index is -1.23. The molecule has 7 heteroatoms. The van der Waals surface area contributed by atoms with Crippen molar-refractivity contribution in [3.05, 3.63) is 23.8 Å². The molecule has 0 aromatic heterocycles. The van der Waals surface area contributed by atoms with Crippen LogP contribution in [0.25, 0.3) is 0 Å². The lowest BCUT2D eigenvalue weighted by atomic mass is 10.1. The van der Waals surface area contributed by atoms with E-state index in [-0.39, 0.29) is 17.0 Å². The highest BCUT2D eigenvalue weighted by Crippen LogP contribution is 2.28. The number of aliphatic carboxylic acids is 1. The van der Waals surface area contributed by atoms with Crippen LogP contribution in [-0.2, 0) is 9.53 Å². The van der Waals surface area contributed by atoms with Crippen molar-refractivity contribution in [3.8, 4) is 5.75 Å². The highest BCUT2D eigenvalue weighted by Gasteiger charge is 2.19. The molecule has 0 spiro atoms. The van der Waals surface area contributed by atoms with Crippen LogP contribution in [0.15, 0.2) is 18.2 Å². The quantitative estimate of drug-likeness (QED) is 0.633. The first-order valence-electron chi connectivity index (χ1n) is 6.31. The number of nitrogens with one attached hydrogen (secondary N) is 1. The van der Waals surface area contributed by atoms with E-state index >= 15 is 0 Å². The third-order valence-electron chi connectivity index (χ3n) is 2.41. The number of carbonyl (C=O) groups excluding carboxylic acids is 1. The van der Waals surface area contributed by atoms with E-state index in [0.29, 0.717) is 0 Å². The Morgan fingerprint density at radius 3 is 2.48 bits per heavy atom. The topological polar surface area (TPSA) is 116 Å². The summed E-state index contributed by atoms with van der Waals surface area (Å²) in [6, 6.07) is 3.93. The number of carboxylic acids is 1. The first-order valence-corrected chi connectivity index (χ1v) is 6.31. The van der Waals surface area contributed by atoms with Crippen molar-refractivity contribution in [2.24, 2.45) is 0 Å². The summed E-state index contributed by atoms with van der Waals surface area (Å²) in [7, 11) is 0. The van der Waals surface area contributed by atoms with Gasteiger partial charge >= 0.3 is 12.1 Å². The largest absolute Gasteiger partial charge is 0.506 e. The van der Waals surface area contributed by atoms with E-state index in [1.165, 1.54) is 18.2 Å². The molecule has 1 rings (SSSR count). The second kappa shape index (κ2) is 6.45. The van der Waals surface area contributed by atoms with Crippen LogP contribution in [-0.4, -0.2) is 33.0 Å². The lowest BCUT2D eigenvalue weighted by Crippen LogP contribution is -2.27. The SMILES string of the molecule is CC(C)(C)OC(=O)Nc1cc([C@@H](O)CC(=O)O)ccc1O. The third-order valence-corrected chi connectivity index (χ3v) is 2.41. The standard InChI is InChI=1S/C14H19NO6/c1-14(2,3)21-13(20)15-9-6-8(4-5-10(9)16)11(17)7-12(18)19/h4-6,11,16-17H,7H2,1-3H3,(H,15,20)(H,18,19)/t11-/m0/s1. The Morgan fingerprint density at radius 2 is 1.95 bits per heavy atom. The molecule has 7 nitrogen and oxygen atoms in total. The van der Waals surface area contributed by atoms with E-state index in [0.717, 1.165) is 0 Å². The Bertz CT molecular complexity index is 535. The average Bonchev–Trinajstić information content (AvgIpc) is 2.28. The molecule has 21 heavy (non-hydrogen) atoms. The predicted molar refractivity (Wildman–Crippen MR) is 75.2 cm³/mol. The number of phenols is 1. The molecule has 4 N–H and O–H groups in total. The highest BCUT2D eigenvalue weighted by atomic mass is 16.6. The molecular formula is C14H19NO6. The van der Waals surface area contributed by atoms with Crippen molar-refractivity contribution in [3.63, 3.8) is 0 Å². The minimum absolute atomic E-state index is 0.0335. The number of amides is 1. The van der Waals surface area contributed by atoms with Crippen LogP contribution in [0.1, 0.15) is 38.9 Å². The molecule has 1 aromatic rings. The third kappa shape index (κ3) is 5.70. The molecule has 0 aliphatic heterocycles. The fourth-order valence-electron chi connectivity index (χ4n) is 1.56. The summed E-state index contributed by atoms with van der Waals surface area (Å²) in [6.45, 7) is 5.08. The fourth-order valence-corrected chi connectivity index (χ4v) is 1.56. The molecular weight excluding hydrogens is 278 g/mol. The number of aromatic hydroxyl groups is 1. The van der Waals surface area contributed by atoms with Gasteiger partial charge < -0.3 is 20.1 Å². The van der Waals surface area contributed by atoms with Crippen molar-refractivity contribution >= 4 is 17.7 Å². The van der Waals surface area contributed by atoms with Gasteiger partial charge in [-0.1, -0.05) is 6.07 Å². The number of carbonyl (C=O) groups is 2. The number of hydrogen-bond acceptors (Lipinski definition) is 5. The maximum absolute atomic E-state index is 11.6. The maximum atomic E-state index is 11.6. The average molecular weight is 297 g/mol. The molecule has 0 saturated carbocycles. The molecule has 1 amide bonds. The van der Waals surface area contributed by atoms with Crippen molar-refractivity contribution in [2.75, 3.05) is 5.32 Å². The van der Waals surface area contributed by atoms with Crippen LogP contribution in [0.4, 0.5) is 10.5 Å². The molecule has 1 atom stereocenters. The van der Waals surface area contributed by atoms with Crippen LogP contribution in [0, 0.1) is 0 Å². The molecule has 0 aliphatic carbocycles. The Morgan fingerprint density at radius 1 is 1.33 bits per heavy atom. The van der Waals surface area contributed by atoms with E-state index in [4.69, 9.17) is 9.84 Å². The number of phenolic OH excluding ortho intramolecular Hbond substituents is 1. The predicted octanol–water partition coefficient (Wildman–Crippen LogP) is 2.25. The van der Waals surface area contributed by atoms with Crippen LogP contribution in [0.2, 0.25) is 0 Å². The number of aliphatic hydroxyl groups excluding tert-OH is 1. The molecule has 0 unspecified atom stereocenters. The number of ether oxygens (including phenoxy) is 1. The van der Waals surface area contributed by atoms with Crippen molar-refractivity contribution in [1.29, 1.82) is 0 Å². The van der Waals surface area contributed by atoms with Gasteiger partial charge in [-0.25, -0.2) is 4.79 Å². The van der Waals surface area contributed by atoms with E-state index in [1.807, 2.05) is 0 Å². The Balaban J connectivity index is 2.87. The van der Waals surface area contributed by atoms with Crippen LogP contribution >= 0.6 is 0 Å². The zero-order chi connectivity index (χ0) is 16.2. The lowest BCUT2D eigenvalue weighted by Gasteiger charge is -2.20. The second-order valence-electron chi connectivity index (χ2n) is 5.52.